The fourth-order valence-electron chi connectivity index (χ4n) is 1.44. The van der Waals surface area contributed by atoms with Gasteiger partial charge in [0, 0.05) is 17.6 Å². The summed E-state index contributed by atoms with van der Waals surface area (Å²) in [6.45, 7) is 6.10. The van der Waals surface area contributed by atoms with E-state index in [1.165, 1.54) is 29.0 Å². The molecule has 1 aromatic heterocycles. The van der Waals surface area contributed by atoms with Gasteiger partial charge in [-0.05, 0) is 36.3 Å². The zero-order valence-corrected chi connectivity index (χ0v) is 9.45. The Kier molecular flexibility index (Phi) is 4.29. The van der Waals surface area contributed by atoms with Crippen molar-refractivity contribution in [1.82, 2.24) is 4.98 Å². The number of thioether (sulfide) groups is 1. The maximum Gasteiger partial charge on any atom is 0.0415 e. The fourth-order valence-corrected chi connectivity index (χ4v) is 2.54. The van der Waals surface area contributed by atoms with Crippen molar-refractivity contribution in [3.8, 4) is 0 Å². The molecule has 1 aliphatic rings. The molecule has 0 fully saturated rings. The second-order valence-corrected chi connectivity index (χ2v) is 3.94. The molecule has 0 bridgehead atoms. The van der Waals surface area contributed by atoms with Gasteiger partial charge in [0.05, 0.1) is 0 Å². The lowest BCUT2D eigenvalue weighted by molar-refractivity contribution is 1.02. The molecule has 1 nitrogen and oxygen atoms in total. The van der Waals surface area contributed by atoms with Gasteiger partial charge in [-0.25, -0.2) is 0 Å². The summed E-state index contributed by atoms with van der Waals surface area (Å²) in [6, 6.07) is 2.15. The molecule has 0 atom stereocenters. The standard InChI is InChI=1S/C9H11NS.C2H6/c1-7-9-6-11-5-3-8(9)2-4-10-7;1-2/h2,4H,3,5-6H2,1H3;1-2H3. The summed E-state index contributed by atoms with van der Waals surface area (Å²) >= 11 is 2.01. The van der Waals surface area contributed by atoms with E-state index in [4.69, 9.17) is 0 Å². The van der Waals surface area contributed by atoms with Crippen LogP contribution in [0.1, 0.15) is 30.7 Å². The van der Waals surface area contributed by atoms with Gasteiger partial charge in [-0.3, -0.25) is 4.98 Å². The molecule has 0 radical (unpaired) electrons. The topological polar surface area (TPSA) is 12.9 Å². The van der Waals surface area contributed by atoms with E-state index >= 15 is 0 Å². The minimum absolute atomic E-state index is 1.16. The van der Waals surface area contributed by atoms with Gasteiger partial charge in [0.25, 0.3) is 0 Å². The first-order chi connectivity index (χ1) is 6.38. The van der Waals surface area contributed by atoms with Crippen LogP contribution in [0.15, 0.2) is 12.3 Å². The molecule has 0 amide bonds. The predicted molar refractivity (Wildman–Crippen MR) is 60.2 cm³/mol. The molecule has 2 heteroatoms. The highest BCUT2D eigenvalue weighted by molar-refractivity contribution is 7.98. The Hall–Kier alpha value is -0.500. The summed E-state index contributed by atoms with van der Waals surface area (Å²) in [5, 5.41) is 0. The van der Waals surface area contributed by atoms with Crippen LogP contribution in [0.5, 0.6) is 0 Å². The van der Waals surface area contributed by atoms with E-state index in [1.54, 1.807) is 0 Å². The van der Waals surface area contributed by atoms with Gasteiger partial charge >= 0.3 is 0 Å². The Morgan fingerprint density at radius 2 is 2.15 bits per heavy atom. The molecule has 1 aromatic rings. The van der Waals surface area contributed by atoms with Gasteiger partial charge in [0.15, 0.2) is 0 Å². The van der Waals surface area contributed by atoms with Crippen molar-refractivity contribution >= 4 is 11.8 Å². The van der Waals surface area contributed by atoms with Gasteiger partial charge in [-0.1, -0.05) is 13.8 Å². The minimum Gasteiger partial charge on any atom is -0.261 e. The van der Waals surface area contributed by atoms with Crippen LogP contribution in [0.2, 0.25) is 0 Å². The minimum atomic E-state index is 1.16. The Morgan fingerprint density at radius 3 is 2.85 bits per heavy atom. The van der Waals surface area contributed by atoms with E-state index in [1.807, 2.05) is 31.8 Å². The van der Waals surface area contributed by atoms with Crippen LogP contribution >= 0.6 is 11.8 Å². The molecule has 13 heavy (non-hydrogen) atoms. The van der Waals surface area contributed by atoms with Gasteiger partial charge in [-0.15, -0.1) is 0 Å². The second-order valence-electron chi connectivity index (χ2n) is 2.84. The number of nitrogens with zero attached hydrogens (tertiary/aromatic N) is 1. The zero-order valence-electron chi connectivity index (χ0n) is 8.63. The van der Waals surface area contributed by atoms with E-state index in [0.717, 1.165) is 5.75 Å². The third-order valence-corrected chi connectivity index (χ3v) is 3.12. The average Bonchev–Trinajstić information content (AvgIpc) is 2.22. The molecule has 2 rings (SSSR count). The smallest absolute Gasteiger partial charge is 0.0415 e. The van der Waals surface area contributed by atoms with Crippen molar-refractivity contribution in [2.45, 2.75) is 32.9 Å². The highest BCUT2D eigenvalue weighted by Crippen LogP contribution is 2.25. The lowest BCUT2D eigenvalue weighted by atomic mass is 10.1. The van der Waals surface area contributed by atoms with Crippen LogP contribution in [0.4, 0.5) is 0 Å². The summed E-state index contributed by atoms with van der Waals surface area (Å²) < 4.78 is 0. The Balaban J connectivity index is 0.000000396. The van der Waals surface area contributed by atoms with E-state index in [9.17, 15) is 0 Å². The van der Waals surface area contributed by atoms with Crippen LogP contribution < -0.4 is 0 Å². The summed E-state index contributed by atoms with van der Waals surface area (Å²) in [5.41, 5.74) is 4.20. The van der Waals surface area contributed by atoms with Crippen LogP contribution in [0, 0.1) is 6.92 Å². The fraction of sp³-hybridized carbons (Fsp3) is 0.545. The van der Waals surface area contributed by atoms with Crippen LogP contribution in [-0.2, 0) is 12.2 Å². The lowest BCUT2D eigenvalue weighted by Crippen LogP contribution is -2.05. The predicted octanol–water partition coefficient (Wildman–Crippen LogP) is 3.21. The highest BCUT2D eigenvalue weighted by Gasteiger charge is 2.10. The van der Waals surface area contributed by atoms with E-state index in [2.05, 4.69) is 18.0 Å². The third kappa shape index (κ3) is 2.47. The Labute approximate surface area is 85.0 Å². The molecule has 72 valence electrons. The van der Waals surface area contributed by atoms with Crippen LogP contribution in [-0.4, -0.2) is 10.7 Å². The molecule has 0 saturated carbocycles. The molecule has 1 aliphatic heterocycles. The molecule has 0 aliphatic carbocycles. The first-order valence-corrected chi connectivity index (χ1v) is 6.04. The maximum atomic E-state index is 4.28. The van der Waals surface area contributed by atoms with Crippen molar-refractivity contribution in [3.63, 3.8) is 0 Å². The van der Waals surface area contributed by atoms with Crippen molar-refractivity contribution in [3.05, 3.63) is 29.1 Å². The lowest BCUT2D eigenvalue weighted by Gasteiger charge is -2.15. The van der Waals surface area contributed by atoms with Crippen LogP contribution in [0.3, 0.4) is 0 Å². The highest BCUT2D eigenvalue weighted by atomic mass is 32.2. The van der Waals surface area contributed by atoms with Crippen LogP contribution in [0.25, 0.3) is 0 Å². The zero-order chi connectivity index (χ0) is 9.68. The Morgan fingerprint density at radius 1 is 1.38 bits per heavy atom. The number of hydrogen-bond acceptors (Lipinski definition) is 2. The van der Waals surface area contributed by atoms with Crippen molar-refractivity contribution in [1.29, 1.82) is 0 Å². The monoisotopic (exact) mass is 195 g/mol. The second kappa shape index (κ2) is 5.28. The normalized spacial score (nSPS) is 14.1. The number of rotatable bonds is 0. The molecule has 0 spiro atoms. The number of pyridine rings is 1. The summed E-state index contributed by atoms with van der Waals surface area (Å²) in [7, 11) is 0. The molecular formula is C11H17NS. The van der Waals surface area contributed by atoms with Gasteiger partial charge in [0.1, 0.15) is 0 Å². The average molecular weight is 195 g/mol. The molecule has 0 aromatic carbocycles. The molecule has 0 saturated heterocycles. The quantitative estimate of drug-likeness (QED) is 0.630. The number of hydrogen-bond donors (Lipinski definition) is 0. The number of aryl methyl sites for hydroxylation is 2. The van der Waals surface area contributed by atoms with Gasteiger partial charge in [-0.2, -0.15) is 11.8 Å². The SMILES string of the molecule is CC.Cc1nccc2c1CSCC2. The Bertz CT molecular complexity index is 271. The first kappa shape index (κ1) is 10.6. The number of fused-ring (bicyclic) bond motifs is 1. The van der Waals surface area contributed by atoms with E-state index in [-0.39, 0.29) is 0 Å². The molecule has 0 unspecified atom stereocenters. The third-order valence-electron chi connectivity index (χ3n) is 2.13. The van der Waals surface area contributed by atoms with Crippen molar-refractivity contribution in [2.24, 2.45) is 0 Å². The maximum absolute atomic E-state index is 4.28. The first-order valence-electron chi connectivity index (χ1n) is 4.89. The van der Waals surface area contributed by atoms with Crippen molar-refractivity contribution in [2.75, 3.05) is 5.75 Å². The van der Waals surface area contributed by atoms with Gasteiger partial charge in [0.2, 0.25) is 0 Å². The van der Waals surface area contributed by atoms with Gasteiger partial charge < -0.3 is 0 Å². The molecule has 2 heterocycles. The van der Waals surface area contributed by atoms with E-state index in [0.29, 0.717) is 0 Å². The molecule has 0 N–H and O–H groups in total. The largest absolute Gasteiger partial charge is 0.261 e. The summed E-state index contributed by atoms with van der Waals surface area (Å²) in [4.78, 5) is 4.28. The van der Waals surface area contributed by atoms with E-state index < -0.39 is 0 Å². The molecular weight excluding hydrogens is 178 g/mol. The summed E-state index contributed by atoms with van der Waals surface area (Å²) in [6.07, 6.45) is 3.15. The van der Waals surface area contributed by atoms with Crippen molar-refractivity contribution < 1.29 is 0 Å². The number of aromatic nitrogens is 1. The summed E-state index contributed by atoms with van der Waals surface area (Å²) in [5.74, 6) is 2.44.